The maximum absolute atomic E-state index is 10.4. The van der Waals surface area contributed by atoms with Crippen molar-refractivity contribution in [2.45, 2.75) is 6.92 Å². The highest BCUT2D eigenvalue weighted by Gasteiger charge is 2.09. The molecule has 0 aromatic carbocycles. The molecule has 0 aliphatic heterocycles. The van der Waals surface area contributed by atoms with Gasteiger partial charge in [-0.05, 0) is 18.5 Å². The van der Waals surface area contributed by atoms with Crippen LogP contribution < -0.4 is 4.74 Å². The van der Waals surface area contributed by atoms with Crippen molar-refractivity contribution in [2.24, 2.45) is 0 Å². The van der Waals surface area contributed by atoms with Gasteiger partial charge in [0.1, 0.15) is 6.20 Å². The van der Waals surface area contributed by atoms with E-state index in [2.05, 4.69) is 4.98 Å². The molecule has 0 fully saturated rings. The predicted octanol–water partition coefficient (Wildman–Crippen LogP) is 1.45. The summed E-state index contributed by atoms with van der Waals surface area (Å²) in [4.78, 5) is 14.0. The minimum atomic E-state index is -0.726. The lowest BCUT2D eigenvalue weighted by Crippen LogP contribution is -1.89. The number of aromatic nitrogens is 1. The molecule has 1 heterocycles. The van der Waals surface area contributed by atoms with E-state index >= 15 is 0 Å². The van der Waals surface area contributed by atoms with Crippen LogP contribution in [0, 0.1) is 0 Å². The van der Waals surface area contributed by atoms with E-state index in [4.69, 9.17) is 20.8 Å². The second-order valence-corrected chi connectivity index (χ2v) is 2.03. The fraction of sp³-hybridized carbons (Fsp3) is 0.333. The minimum Gasteiger partial charge on any atom is -0.464 e. The first-order chi connectivity index (χ1) is 5.24. The molecule has 5 heteroatoms. The molecule has 0 aliphatic carbocycles. The predicted molar refractivity (Wildman–Crippen MR) is 37.9 cm³/mol. The van der Waals surface area contributed by atoms with Gasteiger partial charge in [0.05, 0.1) is 6.61 Å². The highest BCUT2D eigenvalue weighted by atomic mass is 35.5. The van der Waals surface area contributed by atoms with Crippen LogP contribution >= 0.6 is 11.6 Å². The molecule has 0 bridgehead atoms. The Kier molecular flexibility index (Phi) is 2.48. The maximum atomic E-state index is 10.4. The van der Waals surface area contributed by atoms with E-state index in [1.165, 1.54) is 6.20 Å². The van der Waals surface area contributed by atoms with Gasteiger partial charge in [-0.15, -0.1) is 0 Å². The Hall–Kier alpha value is -1.03. The van der Waals surface area contributed by atoms with Crippen LogP contribution in [-0.2, 0) is 0 Å². The number of carbonyl (C=O) groups is 1. The van der Waals surface area contributed by atoms with E-state index in [1.807, 2.05) is 0 Å². The fourth-order valence-corrected chi connectivity index (χ4v) is 0.647. The van der Waals surface area contributed by atoms with Gasteiger partial charge in [-0.1, -0.05) is 0 Å². The summed E-state index contributed by atoms with van der Waals surface area (Å²) in [6.45, 7) is 2.26. The molecular weight excluding hydrogens is 170 g/mol. The second-order valence-electron chi connectivity index (χ2n) is 1.69. The molecule has 1 rings (SSSR count). The Bertz CT molecular complexity index is 258. The van der Waals surface area contributed by atoms with Crippen molar-refractivity contribution < 1.29 is 13.9 Å². The molecule has 0 atom stereocenters. The van der Waals surface area contributed by atoms with E-state index in [9.17, 15) is 4.79 Å². The van der Waals surface area contributed by atoms with Crippen molar-refractivity contribution >= 4 is 16.8 Å². The average Bonchev–Trinajstić information content (AvgIpc) is 2.37. The lowest BCUT2D eigenvalue weighted by atomic mass is 10.7. The van der Waals surface area contributed by atoms with Crippen molar-refractivity contribution in [3.63, 3.8) is 0 Å². The fourth-order valence-electron chi connectivity index (χ4n) is 0.559. The zero-order valence-electron chi connectivity index (χ0n) is 5.83. The maximum Gasteiger partial charge on any atom is 0.307 e. The molecule has 0 aliphatic rings. The van der Waals surface area contributed by atoms with Crippen LogP contribution in [-0.4, -0.2) is 16.8 Å². The molecule has 4 nitrogen and oxygen atoms in total. The van der Waals surface area contributed by atoms with E-state index in [0.29, 0.717) is 6.61 Å². The van der Waals surface area contributed by atoms with E-state index < -0.39 is 5.24 Å². The van der Waals surface area contributed by atoms with Gasteiger partial charge in [-0.3, -0.25) is 4.79 Å². The summed E-state index contributed by atoms with van der Waals surface area (Å²) >= 11 is 5.07. The number of oxazole rings is 1. The number of ether oxygens (including phenoxy) is 1. The van der Waals surface area contributed by atoms with Crippen LogP contribution in [0.2, 0.25) is 0 Å². The van der Waals surface area contributed by atoms with Crippen LogP contribution in [0.4, 0.5) is 0 Å². The zero-order chi connectivity index (χ0) is 8.27. The first kappa shape index (κ1) is 8.07. The topological polar surface area (TPSA) is 52.3 Å². The van der Waals surface area contributed by atoms with Crippen molar-refractivity contribution in [3.05, 3.63) is 12.1 Å². The summed E-state index contributed by atoms with van der Waals surface area (Å²) < 4.78 is 9.67. The van der Waals surface area contributed by atoms with Gasteiger partial charge in [0.25, 0.3) is 5.89 Å². The van der Waals surface area contributed by atoms with Gasteiger partial charge in [-0.25, -0.2) is 4.98 Å². The molecule has 1 aromatic rings. The molecular formula is C6H6ClNO3. The second kappa shape index (κ2) is 3.39. The molecule has 0 saturated heterocycles. The number of hydrogen-bond donors (Lipinski definition) is 0. The van der Waals surface area contributed by atoms with E-state index in [0.717, 1.165) is 0 Å². The monoisotopic (exact) mass is 175 g/mol. The number of hydrogen-bond acceptors (Lipinski definition) is 4. The van der Waals surface area contributed by atoms with Crippen molar-refractivity contribution in [2.75, 3.05) is 6.61 Å². The molecule has 11 heavy (non-hydrogen) atoms. The first-order valence-electron chi connectivity index (χ1n) is 3.02. The molecule has 60 valence electrons. The molecule has 0 saturated carbocycles. The highest BCUT2D eigenvalue weighted by molar-refractivity contribution is 6.67. The first-order valence-corrected chi connectivity index (χ1v) is 3.40. The summed E-state index contributed by atoms with van der Waals surface area (Å²) in [6.07, 6.45) is 1.30. The Morgan fingerprint density at radius 1 is 1.91 bits per heavy atom. The quantitative estimate of drug-likeness (QED) is 0.653. The summed E-state index contributed by atoms with van der Waals surface area (Å²) in [5, 5.41) is -0.726. The molecule has 1 aromatic heterocycles. The third-order valence-electron chi connectivity index (χ3n) is 0.939. The van der Waals surface area contributed by atoms with E-state index in [1.54, 1.807) is 6.92 Å². The standard InChI is InChI=1S/C6H6ClNO3/c1-2-10-4-3-8-6(11-4)5(7)9/h3H,2H2,1H3. The normalized spacial score (nSPS) is 9.64. The van der Waals surface area contributed by atoms with Gasteiger partial charge in [-0.2, -0.15) is 0 Å². The highest BCUT2D eigenvalue weighted by Crippen LogP contribution is 2.13. The third kappa shape index (κ3) is 1.94. The van der Waals surface area contributed by atoms with Crippen LogP contribution in [0.15, 0.2) is 10.6 Å². The van der Waals surface area contributed by atoms with Crippen molar-refractivity contribution in [1.29, 1.82) is 0 Å². The van der Waals surface area contributed by atoms with Gasteiger partial charge in [0, 0.05) is 0 Å². The minimum absolute atomic E-state index is 0.143. The SMILES string of the molecule is CCOc1cnc(C(=O)Cl)o1. The summed E-state index contributed by atoms with van der Waals surface area (Å²) in [7, 11) is 0. The Balaban J connectivity index is 2.73. The number of carbonyl (C=O) groups excluding carboxylic acids is 1. The largest absolute Gasteiger partial charge is 0.464 e. The number of nitrogens with zero attached hydrogens (tertiary/aromatic N) is 1. The lowest BCUT2D eigenvalue weighted by Gasteiger charge is -1.92. The number of halogens is 1. The molecule has 0 radical (unpaired) electrons. The molecule has 0 N–H and O–H groups in total. The van der Waals surface area contributed by atoms with Gasteiger partial charge in [0.15, 0.2) is 0 Å². The molecule has 0 unspecified atom stereocenters. The zero-order valence-corrected chi connectivity index (χ0v) is 6.59. The lowest BCUT2D eigenvalue weighted by molar-refractivity contribution is 0.104. The third-order valence-corrected chi connectivity index (χ3v) is 1.10. The van der Waals surface area contributed by atoms with Crippen molar-refractivity contribution in [3.8, 4) is 5.95 Å². The Morgan fingerprint density at radius 2 is 2.64 bits per heavy atom. The number of rotatable bonds is 3. The van der Waals surface area contributed by atoms with Gasteiger partial charge in [0.2, 0.25) is 0 Å². The summed E-state index contributed by atoms with van der Waals surface area (Å²) in [6, 6.07) is 0. The summed E-state index contributed by atoms with van der Waals surface area (Å²) in [5.74, 6) is 0.0617. The van der Waals surface area contributed by atoms with Gasteiger partial charge < -0.3 is 9.15 Å². The molecule has 0 spiro atoms. The average molecular weight is 176 g/mol. The van der Waals surface area contributed by atoms with E-state index in [-0.39, 0.29) is 11.8 Å². The smallest absolute Gasteiger partial charge is 0.307 e. The van der Waals surface area contributed by atoms with Crippen LogP contribution in [0.3, 0.4) is 0 Å². The van der Waals surface area contributed by atoms with Gasteiger partial charge >= 0.3 is 11.2 Å². The van der Waals surface area contributed by atoms with Crippen molar-refractivity contribution in [1.82, 2.24) is 4.98 Å². The Morgan fingerprint density at radius 3 is 3.09 bits per heavy atom. The molecule has 0 amide bonds. The van der Waals surface area contributed by atoms with Crippen LogP contribution in [0.5, 0.6) is 5.95 Å². The van der Waals surface area contributed by atoms with Crippen LogP contribution in [0.25, 0.3) is 0 Å². The Labute approximate surface area is 68.1 Å². The summed E-state index contributed by atoms with van der Waals surface area (Å²) in [5.41, 5.74) is 0. The van der Waals surface area contributed by atoms with Crippen LogP contribution in [0.1, 0.15) is 17.6 Å².